The van der Waals surface area contributed by atoms with Gasteiger partial charge in [0.25, 0.3) is 0 Å². The van der Waals surface area contributed by atoms with E-state index in [4.69, 9.17) is 0 Å². The van der Waals surface area contributed by atoms with E-state index < -0.39 is 0 Å². The van der Waals surface area contributed by atoms with E-state index in [0.717, 1.165) is 6.42 Å². The van der Waals surface area contributed by atoms with Gasteiger partial charge in [0, 0.05) is 6.04 Å². The monoisotopic (exact) mass is 179 g/mol. The molecule has 1 heterocycles. The number of rotatable bonds is 1. The second-order valence-electron chi connectivity index (χ2n) is 4.70. The SMILES string of the molecule is CNC1CC(C)(C)Cc2cn[nH]c21. The van der Waals surface area contributed by atoms with Crippen molar-refractivity contribution < 1.29 is 0 Å². The first-order valence-electron chi connectivity index (χ1n) is 4.82. The van der Waals surface area contributed by atoms with E-state index in [1.165, 1.54) is 17.7 Å². The summed E-state index contributed by atoms with van der Waals surface area (Å²) in [5, 5.41) is 10.5. The van der Waals surface area contributed by atoms with Gasteiger partial charge >= 0.3 is 0 Å². The van der Waals surface area contributed by atoms with Crippen LogP contribution in [0.5, 0.6) is 0 Å². The van der Waals surface area contributed by atoms with Crippen LogP contribution in [0.1, 0.15) is 37.6 Å². The minimum absolute atomic E-state index is 0.393. The molecule has 0 saturated heterocycles. The molecule has 0 spiro atoms. The Bertz CT molecular complexity index is 301. The lowest BCUT2D eigenvalue weighted by molar-refractivity contribution is 0.262. The molecule has 1 aliphatic carbocycles. The van der Waals surface area contributed by atoms with Crippen molar-refractivity contribution in [2.24, 2.45) is 5.41 Å². The number of aromatic amines is 1. The summed E-state index contributed by atoms with van der Waals surface area (Å²) < 4.78 is 0. The summed E-state index contributed by atoms with van der Waals surface area (Å²) in [5.41, 5.74) is 3.04. The summed E-state index contributed by atoms with van der Waals surface area (Å²) in [6.45, 7) is 4.63. The zero-order valence-electron chi connectivity index (χ0n) is 8.52. The molecule has 0 saturated carbocycles. The van der Waals surface area contributed by atoms with Crippen molar-refractivity contribution in [3.63, 3.8) is 0 Å². The first-order chi connectivity index (χ1) is 6.12. The molecule has 1 aromatic rings. The van der Waals surface area contributed by atoms with Crippen LogP contribution in [0.2, 0.25) is 0 Å². The predicted octanol–water partition coefficient (Wildman–Crippen LogP) is 1.64. The third kappa shape index (κ3) is 1.48. The third-order valence-corrected chi connectivity index (χ3v) is 2.87. The Morgan fingerprint density at radius 3 is 3.08 bits per heavy atom. The molecule has 0 bridgehead atoms. The average molecular weight is 179 g/mol. The highest BCUT2D eigenvalue weighted by atomic mass is 15.1. The molecule has 2 rings (SSSR count). The Kier molecular flexibility index (Phi) is 1.91. The smallest absolute Gasteiger partial charge is 0.0553 e. The first kappa shape index (κ1) is 8.75. The third-order valence-electron chi connectivity index (χ3n) is 2.87. The van der Waals surface area contributed by atoms with E-state index in [-0.39, 0.29) is 0 Å². The number of H-pyrrole nitrogens is 1. The fraction of sp³-hybridized carbons (Fsp3) is 0.700. The second kappa shape index (κ2) is 2.84. The van der Waals surface area contributed by atoms with Crippen molar-refractivity contribution in [1.82, 2.24) is 15.5 Å². The van der Waals surface area contributed by atoms with Gasteiger partial charge < -0.3 is 5.32 Å². The lowest BCUT2D eigenvalue weighted by Crippen LogP contribution is -2.31. The topological polar surface area (TPSA) is 40.7 Å². The molecular formula is C10H17N3. The molecule has 13 heavy (non-hydrogen) atoms. The van der Waals surface area contributed by atoms with Crippen molar-refractivity contribution >= 4 is 0 Å². The standard InChI is InChI=1S/C10H17N3/c1-10(2)4-7-6-12-13-9(7)8(5-10)11-3/h6,8,11H,4-5H2,1-3H3,(H,12,13). The van der Waals surface area contributed by atoms with Crippen molar-refractivity contribution in [3.8, 4) is 0 Å². The van der Waals surface area contributed by atoms with Crippen LogP contribution in [0.15, 0.2) is 6.20 Å². The van der Waals surface area contributed by atoms with Crippen LogP contribution in [0, 0.1) is 5.41 Å². The van der Waals surface area contributed by atoms with Crippen LogP contribution in [-0.2, 0) is 6.42 Å². The molecule has 0 radical (unpaired) electrons. The minimum Gasteiger partial charge on any atom is -0.312 e. The summed E-state index contributed by atoms with van der Waals surface area (Å²) >= 11 is 0. The van der Waals surface area contributed by atoms with Gasteiger partial charge in [-0.2, -0.15) is 5.10 Å². The van der Waals surface area contributed by atoms with Gasteiger partial charge in [0.15, 0.2) is 0 Å². The Morgan fingerprint density at radius 1 is 1.62 bits per heavy atom. The molecule has 3 heteroatoms. The van der Waals surface area contributed by atoms with Crippen LogP contribution >= 0.6 is 0 Å². The number of nitrogens with zero attached hydrogens (tertiary/aromatic N) is 1. The lowest BCUT2D eigenvalue weighted by Gasteiger charge is -2.34. The summed E-state index contributed by atoms with van der Waals surface area (Å²) in [6, 6.07) is 0.446. The summed E-state index contributed by atoms with van der Waals surface area (Å²) in [7, 11) is 2.01. The fourth-order valence-electron chi connectivity index (χ4n) is 2.25. The van der Waals surface area contributed by atoms with Gasteiger partial charge in [-0.25, -0.2) is 0 Å². The van der Waals surface area contributed by atoms with Crippen molar-refractivity contribution in [2.45, 2.75) is 32.7 Å². The highest BCUT2D eigenvalue weighted by Gasteiger charge is 2.32. The Labute approximate surface area is 78.9 Å². The molecule has 0 amide bonds. The molecule has 2 N–H and O–H groups in total. The van der Waals surface area contributed by atoms with Crippen molar-refractivity contribution in [3.05, 3.63) is 17.5 Å². The van der Waals surface area contributed by atoms with Gasteiger partial charge in [-0.05, 0) is 30.9 Å². The van der Waals surface area contributed by atoms with Crippen molar-refractivity contribution in [2.75, 3.05) is 7.05 Å². The van der Waals surface area contributed by atoms with Gasteiger partial charge in [0.05, 0.1) is 11.9 Å². The van der Waals surface area contributed by atoms with E-state index in [1.807, 2.05) is 13.2 Å². The van der Waals surface area contributed by atoms with Crippen LogP contribution < -0.4 is 5.32 Å². The fourth-order valence-corrected chi connectivity index (χ4v) is 2.25. The van der Waals surface area contributed by atoms with Crippen LogP contribution in [0.3, 0.4) is 0 Å². The highest BCUT2D eigenvalue weighted by molar-refractivity contribution is 5.25. The quantitative estimate of drug-likeness (QED) is 0.688. The summed E-state index contributed by atoms with van der Waals surface area (Å²) in [5.74, 6) is 0. The number of hydrogen-bond acceptors (Lipinski definition) is 2. The van der Waals surface area contributed by atoms with E-state index in [1.54, 1.807) is 0 Å². The van der Waals surface area contributed by atoms with Gasteiger partial charge in [-0.15, -0.1) is 0 Å². The highest BCUT2D eigenvalue weighted by Crippen LogP contribution is 2.39. The van der Waals surface area contributed by atoms with Gasteiger partial charge in [0.2, 0.25) is 0 Å². The minimum atomic E-state index is 0.393. The largest absolute Gasteiger partial charge is 0.312 e. The molecule has 72 valence electrons. The number of hydrogen-bond donors (Lipinski definition) is 2. The maximum Gasteiger partial charge on any atom is 0.0553 e. The van der Waals surface area contributed by atoms with Gasteiger partial charge in [-0.3, -0.25) is 5.10 Å². The van der Waals surface area contributed by atoms with Crippen molar-refractivity contribution in [1.29, 1.82) is 0 Å². The first-order valence-corrected chi connectivity index (χ1v) is 4.82. The van der Waals surface area contributed by atoms with Crippen LogP contribution in [0.25, 0.3) is 0 Å². The second-order valence-corrected chi connectivity index (χ2v) is 4.70. The molecule has 1 atom stereocenters. The molecule has 0 aromatic carbocycles. The van der Waals surface area contributed by atoms with E-state index >= 15 is 0 Å². The summed E-state index contributed by atoms with van der Waals surface area (Å²) in [6.07, 6.45) is 4.27. The zero-order chi connectivity index (χ0) is 9.47. The number of fused-ring (bicyclic) bond motifs is 1. The Morgan fingerprint density at radius 2 is 2.38 bits per heavy atom. The predicted molar refractivity (Wildman–Crippen MR) is 52.5 cm³/mol. The lowest BCUT2D eigenvalue weighted by atomic mass is 9.74. The van der Waals surface area contributed by atoms with Crippen LogP contribution in [0.4, 0.5) is 0 Å². The number of aromatic nitrogens is 2. The molecule has 1 aromatic heterocycles. The van der Waals surface area contributed by atoms with E-state index in [2.05, 4.69) is 29.4 Å². The van der Waals surface area contributed by atoms with E-state index in [9.17, 15) is 0 Å². The maximum atomic E-state index is 4.10. The molecule has 0 fully saturated rings. The van der Waals surface area contributed by atoms with Gasteiger partial charge in [-0.1, -0.05) is 13.8 Å². The maximum absolute atomic E-state index is 4.10. The van der Waals surface area contributed by atoms with Gasteiger partial charge in [0.1, 0.15) is 0 Å². The molecule has 3 nitrogen and oxygen atoms in total. The number of nitrogens with one attached hydrogen (secondary N) is 2. The van der Waals surface area contributed by atoms with Crippen LogP contribution in [-0.4, -0.2) is 17.2 Å². The Balaban J connectivity index is 2.36. The molecule has 1 aliphatic rings. The van der Waals surface area contributed by atoms with E-state index in [0.29, 0.717) is 11.5 Å². The zero-order valence-corrected chi connectivity index (χ0v) is 8.52. The molecular weight excluding hydrogens is 162 g/mol. The Hall–Kier alpha value is -0.830. The summed E-state index contributed by atoms with van der Waals surface area (Å²) in [4.78, 5) is 0. The normalized spacial score (nSPS) is 25.6. The average Bonchev–Trinajstić information content (AvgIpc) is 2.48. The molecule has 1 unspecified atom stereocenters. The molecule has 0 aliphatic heterocycles.